The average Bonchev–Trinajstić information content (AvgIpc) is 1.61. The molecule has 0 aromatic rings. The first-order chi connectivity index (χ1) is 2.91. The third-order valence-corrected chi connectivity index (χ3v) is 61.7. The highest BCUT2D eigenvalue weighted by Gasteiger charge is 1.75. The van der Waals surface area contributed by atoms with Crippen LogP contribution in [0.2, 0.25) is 0 Å². The molecule has 0 aromatic carbocycles. The zero-order chi connectivity index (χ0) is 4.83. The van der Waals surface area contributed by atoms with Crippen LogP contribution in [0.1, 0.15) is 0 Å². The molecule has 0 saturated heterocycles. The Morgan fingerprint density at radius 3 is 2.50 bits per heavy atom. The Hall–Kier alpha value is 1.30. The third kappa shape index (κ3) is 5.30. The van der Waals surface area contributed by atoms with Gasteiger partial charge in [-0.3, -0.25) is 0 Å². The van der Waals surface area contributed by atoms with Gasteiger partial charge in [-0.15, -0.1) is 0 Å². The Bertz CT molecular complexity index is 29.0. The van der Waals surface area contributed by atoms with E-state index in [4.69, 9.17) is 0 Å². The summed E-state index contributed by atoms with van der Waals surface area (Å²) in [6.45, 7) is 0. The highest BCUT2D eigenvalue weighted by molar-refractivity contribution is 7.52. The Labute approximate surface area is 53.1 Å². The van der Waals surface area contributed by atoms with Crippen LogP contribution in [0, 0.1) is 0 Å². The molecule has 0 rings (SSSR count). The second-order valence-corrected chi connectivity index (χ2v) is 38.6. The summed E-state index contributed by atoms with van der Waals surface area (Å²) >= 11 is 0. The molecule has 0 aliphatic heterocycles. The van der Waals surface area contributed by atoms with Gasteiger partial charge in [-0.05, 0) is 26.9 Å². The first-order valence-electron chi connectivity index (χ1n) is 2.52. The van der Waals surface area contributed by atoms with E-state index in [2.05, 4.69) is 9.34 Å². The van der Waals surface area contributed by atoms with Crippen molar-refractivity contribution >= 4 is 52.9 Å². The lowest BCUT2D eigenvalue weighted by Crippen LogP contribution is -2.14. The van der Waals surface area contributed by atoms with Crippen molar-refractivity contribution in [3.8, 4) is 0 Å². The standard InChI is InChI=1S/H12Si6/c1-3-5-6-4-2/h3H,1,4-6H2,2H3. The van der Waals surface area contributed by atoms with Gasteiger partial charge >= 0.3 is 0 Å². The second-order valence-electron chi connectivity index (χ2n) is 1.43. The van der Waals surface area contributed by atoms with Crippen molar-refractivity contribution in [2.75, 3.05) is 0 Å². The average molecular weight is 181 g/mol. The molecule has 6 heavy (non-hydrogen) atoms. The molecule has 0 amide bonds. The van der Waals surface area contributed by atoms with E-state index in [0.29, 0.717) is 0 Å². The highest BCUT2D eigenvalue weighted by atomic mass is 29.8. The van der Waals surface area contributed by atoms with E-state index >= 15 is 0 Å². The zero-order valence-corrected chi connectivity index (χ0v) is 13.2. The minimum absolute atomic E-state index is 0.753. The summed E-state index contributed by atoms with van der Waals surface area (Å²) in [6.07, 6.45) is 0. The van der Waals surface area contributed by atoms with Crippen LogP contribution in [0.25, 0.3) is 0 Å². The van der Waals surface area contributed by atoms with Gasteiger partial charge in [0.25, 0.3) is 0 Å². The molecule has 36 valence electrons. The lowest BCUT2D eigenvalue weighted by atomic mass is 26.3. The Balaban J connectivity index is 2.49. The zero-order valence-electron chi connectivity index (χ0n) is 4.41. The quantitative estimate of drug-likeness (QED) is 0.300. The van der Waals surface area contributed by atoms with Crippen molar-refractivity contribution in [3.63, 3.8) is 0 Å². The maximum Gasteiger partial charge on any atom is 0.00884 e. The predicted octanol–water partition coefficient (Wildman–Crippen LogP) is -5.50. The molecule has 0 spiro atoms. The van der Waals surface area contributed by atoms with Crippen molar-refractivity contribution in [3.05, 3.63) is 0 Å². The molecule has 0 unspecified atom stereocenters. The molecule has 0 aliphatic rings. The summed E-state index contributed by atoms with van der Waals surface area (Å²) in [7, 11) is 7.33. The van der Waals surface area contributed by atoms with Crippen LogP contribution in [-0.2, 0) is 0 Å². The lowest BCUT2D eigenvalue weighted by Gasteiger charge is -1.77. The molecule has 0 saturated carbocycles. The fraction of sp³-hybridized carbons (Fsp3) is 0. The topological polar surface area (TPSA) is 0 Å². The van der Waals surface area contributed by atoms with Gasteiger partial charge in [0.05, 0.1) is 0 Å². The molecule has 0 nitrogen and oxygen atoms in total. The van der Waals surface area contributed by atoms with E-state index in [1.165, 1.54) is 0 Å². The number of hydrogen-bond donors (Lipinski definition) is 0. The van der Waals surface area contributed by atoms with Gasteiger partial charge in [0.1, 0.15) is 0 Å². The monoisotopic (exact) mass is 180 g/mol. The van der Waals surface area contributed by atoms with E-state index in [0.717, 1.165) is 33.8 Å². The van der Waals surface area contributed by atoms with Crippen LogP contribution >= 0.6 is 0 Å². The van der Waals surface area contributed by atoms with Gasteiger partial charge in [-0.2, -0.15) is 0 Å². The van der Waals surface area contributed by atoms with Gasteiger partial charge in [-0.1, -0.05) is 17.5 Å². The van der Waals surface area contributed by atoms with Gasteiger partial charge in [-0.25, -0.2) is 0 Å². The fourth-order valence-electron chi connectivity index (χ4n) is 0.348. The minimum Gasteiger partial charge on any atom is -0.0541 e. The van der Waals surface area contributed by atoms with Crippen LogP contribution in [0.4, 0.5) is 0 Å². The normalized spacial score (nSPS) is 14.7. The smallest absolute Gasteiger partial charge is 0.00884 e. The Morgan fingerprint density at radius 1 is 1.67 bits per heavy atom. The molecule has 0 radical (unpaired) electrons. The highest BCUT2D eigenvalue weighted by Crippen LogP contribution is 1.38. The van der Waals surface area contributed by atoms with Gasteiger partial charge < -0.3 is 0 Å². The molecule has 0 atom stereocenters. The first-order valence-corrected chi connectivity index (χ1v) is 22.7. The molecule has 0 aromatic heterocycles. The minimum atomic E-state index is 0.753. The maximum absolute atomic E-state index is 2.28. The molecule has 6 heteroatoms. The van der Waals surface area contributed by atoms with Crippen LogP contribution < -0.4 is 0 Å². The predicted molar refractivity (Wildman–Crippen MR) is 51.3 cm³/mol. The van der Waals surface area contributed by atoms with Crippen molar-refractivity contribution < 1.29 is 0 Å². The lowest BCUT2D eigenvalue weighted by molar-refractivity contribution is 3.99. The fourth-order valence-corrected chi connectivity index (χ4v) is 84.7. The van der Waals surface area contributed by atoms with Crippen molar-refractivity contribution in [2.45, 2.75) is 0 Å². The molecular weight excluding hydrogens is 169 g/mol. The Kier molecular flexibility index (Phi) is 7.67. The maximum atomic E-state index is 2.28. The van der Waals surface area contributed by atoms with Gasteiger partial charge in [0.2, 0.25) is 0 Å². The Morgan fingerprint density at radius 2 is 2.33 bits per heavy atom. The largest absolute Gasteiger partial charge is 0.0541 e. The van der Waals surface area contributed by atoms with Crippen molar-refractivity contribution in [1.29, 1.82) is 0 Å². The summed E-state index contributed by atoms with van der Waals surface area (Å²) in [5, 5.41) is 0. The third-order valence-electron chi connectivity index (χ3n) is 0.762. The summed E-state index contributed by atoms with van der Waals surface area (Å²) < 4.78 is 0. The second kappa shape index (κ2) is 6.30. The molecule has 0 aliphatic carbocycles. The van der Waals surface area contributed by atoms with E-state index in [1.54, 1.807) is 9.76 Å². The molecule has 0 fully saturated rings. The van der Waals surface area contributed by atoms with E-state index < -0.39 is 0 Å². The summed E-state index contributed by atoms with van der Waals surface area (Å²) in [6, 6.07) is 0. The van der Waals surface area contributed by atoms with Crippen molar-refractivity contribution in [2.24, 2.45) is 0 Å². The van der Waals surface area contributed by atoms with Gasteiger partial charge in [0, 0.05) is 8.55 Å². The molecule has 0 bridgehead atoms. The SMILES string of the molecule is [SiH2]=[SiH][SiH2][SiH2][SiH2][SiH3]. The van der Waals surface area contributed by atoms with Crippen LogP contribution in [-0.4, -0.2) is 52.9 Å². The molecule has 0 N–H and O–H groups in total. The number of rotatable bonds is 3. The molecule has 0 heterocycles. The van der Waals surface area contributed by atoms with Crippen LogP contribution in [0.15, 0.2) is 0 Å². The molecular formula is H12Si6. The summed E-state index contributed by atoms with van der Waals surface area (Å²) in [5.74, 6) is 0. The van der Waals surface area contributed by atoms with E-state index in [9.17, 15) is 0 Å². The first kappa shape index (κ1) is 7.30. The number of hydrogen-bond acceptors (Lipinski definition) is 0. The summed E-state index contributed by atoms with van der Waals surface area (Å²) in [5.41, 5.74) is 0. The van der Waals surface area contributed by atoms with Crippen LogP contribution in [0.5, 0.6) is 0 Å². The van der Waals surface area contributed by atoms with Crippen LogP contribution in [0.3, 0.4) is 0 Å². The van der Waals surface area contributed by atoms with E-state index in [1.807, 2.05) is 0 Å². The summed E-state index contributed by atoms with van der Waals surface area (Å²) in [4.78, 5) is 0. The van der Waals surface area contributed by atoms with Crippen molar-refractivity contribution in [1.82, 2.24) is 0 Å². The van der Waals surface area contributed by atoms with Gasteiger partial charge in [0.15, 0.2) is 0 Å². The van der Waals surface area contributed by atoms with E-state index in [-0.39, 0.29) is 0 Å².